The van der Waals surface area contributed by atoms with Gasteiger partial charge in [0.2, 0.25) is 0 Å². The lowest BCUT2D eigenvalue weighted by Gasteiger charge is -2.12. The number of carboxylic acid groups (broad SMARTS) is 1. The van der Waals surface area contributed by atoms with Crippen LogP contribution in [0.4, 0.5) is 0 Å². The van der Waals surface area contributed by atoms with Crippen LogP contribution in [-0.4, -0.2) is 34.8 Å². The second-order valence-corrected chi connectivity index (χ2v) is 4.27. The van der Waals surface area contributed by atoms with Crippen molar-refractivity contribution in [2.24, 2.45) is 0 Å². The van der Waals surface area contributed by atoms with Crippen LogP contribution in [0.2, 0.25) is 0 Å². The second kappa shape index (κ2) is 5.24. The molecule has 106 valence electrons. The summed E-state index contributed by atoms with van der Waals surface area (Å²) in [5.41, 5.74) is 1.29. The Morgan fingerprint density at radius 1 is 1.20 bits per heavy atom. The maximum absolute atomic E-state index is 11.4. The smallest absolute Gasteiger partial charge is 0.354 e. The van der Waals surface area contributed by atoms with E-state index < -0.39 is 5.97 Å². The molecule has 1 aromatic heterocycles. The van der Waals surface area contributed by atoms with Crippen LogP contribution in [0.25, 0.3) is 5.69 Å². The molecule has 0 saturated heterocycles. The van der Waals surface area contributed by atoms with Crippen molar-refractivity contribution in [2.45, 2.75) is 13.8 Å². The molecule has 0 amide bonds. The van der Waals surface area contributed by atoms with E-state index in [1.54, 1.807) is 43.7 Å². The van der Waals surface area contributed by atoms with Crippen LogP contribution in [0.15, 0.2) is 18.2 Å². The summed E-state index contributed by atoms with van der Waals surface area (Å²) in [5.74, 6) is 0.708. The van der Waals surface area contributed by atoms with E-state index in [1.807, 2.05) is 0 Å². The van der Waals surface area contributed by atoms with Crippen LogP contribution < -0.4 is 9.47 Å². The lowest BCUT2D eigenvalue weighted by molar-refractivity contribution is 0.0687. The molecule has 6 nitrogen and oxygen atoms in total. The number of nitrogens with zero attached hydrogens (tertiary/aromatic N) is 2. The monoisotopic (exact) mass is 276 g/mol. The number of methoxy groups -OCH3 is 2. The summed E-state index contributed by atoms with van der Waals surface area (Å²) in [6.07, 6.45) is 0. The summed E-state index contributed by atoms with van der Waals surface area (Å²) in [6, 6.07) is 5.22. The lowest BCUT2D eigenvalue weighted by Crippen LogP contribution is -2.09. The molecule has 0 radical (unpaired) electrons. The molecule has 1 N–H and O–H groups in total. The largest absolute Gasteiger partial charge is 0.493 e. The third-order valence-electron chi connectivity index (χ3n) is 3.05. The van der Waals surface area contributed by atoms with Crippen LogP contribution in [0.5, 0.6) is 11.5 Å². The predicted octanol–water partition coefficient (Wildman–Crippen LogP) is 2.20. The minimum absolute atomic E-state index is 0.148. The Hall–Kier alpha value is -2.50. The fraction of sp³-hybridized carbons (Fsp3) is 0.286. The quantitative estimate of drug-likeness (QED) is 0.926. The Morgan fingerprint density at radius 2 is 1.85 bits per heavy atom. The SMILES string of the molecule is COc1ccc(-n2c(C)nc(C)c2C(=O)O)cc1OC. The highest BCUT2D eigenvalue weighted by Crippen LogP contribution is 2.30. The standard InChI is InChI=1S/C14H16N2O4/c1-8-13(14(17)18)16(9(2)15-8)10-5-6-11(19-3)12(7-10)20-4/h5-7H,1-4H3,(H,17,18). The van der Waals surface area contributed by atoms with Gasteiger partial charge in [-0.3, -0.25) is 4.57 Å². The molecule has 2 aromatic rings. The van der Waals surface area contributed by atoms with Crippen molar-refractivity contribution in [3.8, 4) is 17.2 Å². The van der Waals surface area contributed by atoms with Crippen LogP contribution in [-0.2, 0) is 0 Å². The van der Waals surface area contributed by atoms with E-state index in [4.69, 9.17) is 9.47 Å². The number of ether oxygens (including phenoxy) is 2. The molecule has 0 saturated carbocycles. The van der Waals surface area contributed by atoms with Crippen molar-refractivity contribution in [1.29, 1.82) is 0 Å². The first-order valence-electron chi connectivity index (χ1n) is 6.01. The van der Waals surface area contributed by atoms with Crippen molar-refractivity contribution in [1.82, 2.24) is 9.55 Å². The fourth-order valence-electron chi connectivity index (χ4n) is 2.20. The van der Waals surface area contributed by atoms with E-state index >= 15 is 0 Å². The molecule has 0 aliphatic heterocycles. The van der Waals surface area contributed by atoms with Gasteiger partial charge in [0.15, 0.2) is 17.2 Å². The first kappa shape index (κ1) is 13.9. The third-order valence-corrected chi connectivity index (χ3v) is 3.05. The zero-order chi connectivity index (χ0) is 14.9. The zero-order valence-corrected chi connectivity index (χ0v) is 11.8. The van der Waals surface area contributed by atoms with Crippen molar-refractivity contribution in [2.75, 3.05) is 14.2 Å². The molecule has 0 atom stereocenters. The van der Waals surface area contributed by atoms with Crippen molar-refractivity contribution >= 4 is 5.97 Å². The minimum atomic E-state index is -1.02. The molecule has 2 rings (SSSR count). The maximum Gasteiger partial charge on any atom is 0.354 e. The summed E-state index contributed by atoms with van der Waals surface area (Å²) < 4.78 is 12.0. The summed E-state index contributed by atoms with van der Waals surface area (Å²) in [5, 5.41) is 9.33. The van der Waals surface area contributed by atoms with Gasteiger partial charge < -0.3 is 14.6 Å². The molecule has 6 heteroatoms. The van der Waals surface area contributed by atoms with Gasteiger partial charge in [0.05, 0.1) is 25.6 Å². The summed E-state index contributed by atoms with van der Waals surface area (Å²) >= 11 is 0. The van der Waals surface area contributed by atoms with Gasteiger partial charge in [0, 0.05) is 6.07 Å². The number of hydrogen-bond acceptors (Lipinski definition) is 4. The van der Waals surface area contributed by atoms with Crippen LogP contribution in [0, 0.1) is 13.8 Å². The van der Waals surface area contributed by atoms with Crippen molar-refractivity contribution in [3.63, 3.8) is 0 Å². The predicted molar refractivity (Wildman–Crippen MR) is 73.1 cm³/mol. The Balaban J connectivity index is 2.66. The Morgan fingerprint density at radius 3 is 2.40 bits per heavy atom. The molecule has 20 heavy (non-hydrogen) atoms. The molecular formula is C14H16N2O4. The van der Waals surface area contributed by atoms with Crippen molar-refractivity contribution in [3.05, 3.63) is 35.4 Å². The molecule has 0 spiro atoms. The van der Waals surface area contributed by atoms with Crippen LogP contribution in [0.1, 0.15) is 22.0 Å². The Kier molecular flexibility index (Phi) is 3.65. The average molecular weight is 276 g/mol. The second-order valence-electron chi connectivity index (χ2n) is 4.27. The Labute approximate surface area is 116 Å². The van der Waals surface area contributed by atoms with E-state index in [0.717, 1.165) is 0 Å². The van der Waals surface area contributed by atoms with Gasteiger partial charge in [-0.2, -0.15) is 0 Å². The normalized spacial score (nSPS) is 10.4. The summed E-state index contributed by atoms with van der Waals surface area (Å²) in [6.45, 7) is 3.43. The lowest BCUT2D eigenvalue weighted by atomic mass is 10.2. The van der Waals surface area contributed by atoms with Crippen LogP contribution in [0.3, 0.4) is 0 Å². The van der Waals surface area contributed by atoms with Gasteiger partial charge in [-0.1, -0.05) is 0 Å². The molecule has 0 fully saturated rings. The highest BCUT2D eigenvalue weighted by molar-refractivity contribution is 5.88. The molecular weight excluding hydrogens is 260 g/mol. The van der Waals surface area contributed by atoms with E-state index in [0.29, 0.717) is 28.7 Å². The number of aromatic nitrogens is 2. The number of benzene rings is 1. The Bertz CT molecular complexity index is 661. The maximum atomic E-state index is 11.4. The van der Waals surface area contributed by atoms with Gasteiger partial charge in [-0.25, -0.2) is 9.78 Å². The summed E-state index contributed by atoms with van der Waals surface area (Å²) in [7, 11) is 3.08. The number of imidazole rings is 1. The number of hydrogen-bond donors (Lipinski definition) is 1. The highest BCUT2D eigenvalue weighted by Gasteiger charge is 2.20. The topological polar surface area (TPSA) is 73.6 Å². The van der Waals surface area contributed by atoms with Crippen molar-refractivity contribution < 1.29 is 19.4 Å². The van der Waals surface area contributed by atoms with E-state index in [-0.39, 0.29) is 5.69 Å². The van der Waals surface area contributed by atoms with Gasteiger partial charge >= 0.3 is 5.97 Å². The first-order valence-corrected chi connectivity index (χ1v) is 6.01. The fourth-order valence-corrected chi connectivity index (χ4v) is 2.20. The van der Waals surface area contributed by atoms with E-state index in [9.17, 15) is 9.90 Å². The number of rotatable bonds is 4. The number of carboxylic acids is 1. The van der Waals surface area contributed by atoms with Gasteiger partial charge in [0.25, 0.3) is 0 Å². The molecule has 0 aliphatic rings. The number of aryl methyl sites for hydroxylation is 2. The molecule has 0 bridgehead atoms. The van der Waals surface area contributed by atoms with Gasteiger partial charge in [-0.05, 0) is 26.0 Å². The third kappa shape index (κ3) is 2.20. The molecule has 1 aromatic carbocycles. The van der Waals surface area contributed by atoms with E-state index in [1.165, 1.54) is 7.11 Å². The van der Waals surface area contributed by atoms with Crippen LogP contribution >= 0.6 is 0 Å². The molecule has 1 heterocycles. The number of aromatic carboxylic acids is 1. The first-order chi connectivity index (χ1) is 9.49. The minimum Gasteiger partial charge on any atom is -0.493 e. The molecule has 0 unspecified atom stereocenters. The highest BCUT2D eigenvalue weighted by atomic mass is 16.5. The zero-order valence-electron chi connectivity index (χ0n) is 11.8. The average Bonchev–Trinajstić information content (AvgIpc) is 2.72. The van der Waals surface area contributed by atoms with Gasteiger partial charge in [0.1, 0.15) is 5.82 Å². The summed E-state index contributed by atoms with van der Waals surface area (Å²) in [4.78, 5) is 15.6. The molecule has 0 aliphatic carbocycles. The van der Waals surface area contributed by atoms with E-state index in [2.05, 4.69) is 4.98 Å². The number of carbonyl (C=O) groups is 1. The van der Waals surface area contributed by atoms with Gasteiger partial charge in [-0.15, -0.1) is 0 Å².